The quantitative estimate of drug-likeness (QED) is 0.543. The Bertz CT molecular complexity index is 652. The Hall–Kier alpha value is -2.66. The molecule has 0 saturated carbocycles. The Kier molecular flexibility index (Phi) is 6.51. The molecule has 0 unspecified atom stereocenters. The maximum Gasteiger partial charge on any atom is 0.203 e. The van der Waals surface area contributed by atoms with Gasteiger partial charge in [0.15, 0.2) is 18.3 Å². The van der Waals surface area contributed by atoms with Crippen molar-refractivity contribution in [2.24, 2.45) is 0 Å². The first kappa shape index (κ1) is 17.7. The normalized spacial score (nSPS) is 10.7. The monoisotopic (exact) mass is 330 g/mol. The topological polar surface area (TPSA) is 46.2 Å². The highest BCUT2D eigenvalue weighted by molar-refractivity contribution is 5.72. The van der Waals surface area contributed by atoms with Crippen molar-refractivity contribution in [1.29, 1.82) is 0 Å². The maximum absolute atomic E-state index is 5.37. The van der Waals surface area contributed by atoms with Crippen molar-refractivity contribution < 1.29 is 23.7 Å². The third-order valence-corrected chi connectivity index (χ3v) is 3.38. The van der Waals surface area contributed by atoms with E-state index < -0.39 is 0 Å². The molecule has 5 nitrogen and oxygen atoms in total. The minimum atomic E-state index is 0.237. The third-order valence-electron chi connectivity index (χ3n) is 3.38. The number of hydrogen-bond acceptors (Lipinski definition) is 5. The fraction of sp³-hybridized carbons (Fsp3) is 0.263. The van der Waals surface area contributed by atoms with Gasteiger partial charge < -0.3 is 23.7 Å². The summed E-state index contributed by atoms with van der Waals surface area (Å²) in [6.07, 6.45) is 3.98. The molecular formula is C19H22O5. The second-order valence-corrected chi connectivity index (χ2v) is 4.91. The summed E-state index contributed by atoms with van der Waals surface area (Å²) in [5.74, 6) is 2.60. The van der Waals surface area contributed by atoms with Gasteiger partial charge in [-0.1, -0.05) is 24.3 Å². The van der Waals surface area contributed by atoms with Crippen LogP contribution in [0.5, 0.6) is 23.0 Å². The average Bonchev–Trinajstić information content (AvgIpc) is 2.64. The van der Waals surface area contributed by atoms with Gasteiger partial charge in [0.1, 0.15) is 5.75 Å². The number of benzene rings is 2. The first-order chi connectivity index (χ1) is 11.7. The zero-order chi connectivity index (χ0) is 17.4. The summed E-state index contributed by atoms with van der Waals surface area (Å²) in [6.45, 7) is 0.237. The van der Waals surface area contributed by atoms with Crippen molar-refractivity contribution in [3.05, 3.63) is 47.5 Å². The van der Waals surface area contributed by atoms with E-state index in [-0.39, 0.29) is 6.79 Å². The van der Waals surface area contributed by atoms with Gasteiger partial charge in [0.2, 0.25) is 5.75 Å². The van der Waals surface area contributed by atoms with Gasteiger partial charge in [-0.05, 0) is 35.4 Å². The molecule has 0 aliphatic carbocycles. The summed E-state index contributed by atoms with van der Waals surface area (Å²) in [7, 11) is 6.38. The van der Waals surface area contributed by atoms with Crippen LogP contribution in [0, 0.1) is 0 Å². The Morgan fingerprint density at radius 3 is 1.83 bits per heavy atom. The largest absolute Gasteiger partial charge is 0.493 e. The van der Waals surface area contributed by atoms with E-state index in [1.54, 1.807) is 28.4 Å². The van der Waals surface area contributed by atoms with Crippen molar-refractivity contribution in [3.63, 3.8) is 0 Å². The maximum atomic E-state index is 5.37. The van der Waals surface area contributed by atoms with E-state index in [9.17, 15) is 0 Å². The molecule has 2 aromatic carbocycles. The zero-order valence-corrected chi connectivity index (χ0v) is 14.4. The molecule has 0 aliphatic heterocycles. The molecular weight excluding hydrogens is 308 g/mol. The number of hydrogen-bond donors (Lipinski definition) is 0. The fourth-order valence-electron chi connectivity index (χ4n) is 2.19. The van der Waals surface area contributed by atoms with E-state index in [1.165, 1.54) is 0 Å². The zero-order valence-electron chi connectivity index (χ0n) is 14.4. The van der Waals surface area contributed by atoms with Crippen LogP contribution in [0.3, 0.4) is 0 Å². The van der Waals surface area contributed by atoms with Crippen LogP contribution in [-0.4, -0.2) is 35.2 Å². The van der Waals surface area contributed by atoms with Crippen LogP contribution >= 0.6 is 0 Å². The second-order valence-electron chi connectivity index (χ2n) is 4.91. The molecule has 0 amide bonds. The van der Waals surface area contributed by atoms with Crippen LogP contribution in [0.1, 0.15) is 11.1 Å². The standard InChI is InChI=1S/C19H22O5/c1-20-13-24-16-9-7-14(8-10-16)5-6-15-11-17(21-2)19(23-4)18(12-15)22-3/h5-12H,13H2,1-4H3/b6-5+. The Balaban J connectivity index is 2.19. The van der Waals surface area contributed by atoms with Crippen molar-refractivity contribution >= 4 is 12.2 Å². The molecule has 0 aliphatic rings. The molecule has 5 heteroatoms. The van der Waals surface area contributed by atoms with Crippen LogP contribution in [0.25, 0.3) is 12.2 Å². The summed E-state index contributed by atoms with van der Waals surface area (Å²) in [4.78, 5) is 0. The average molecular weight is 330 g/mol. The van der Waals surface area contributed by atoms with Gasteiger partial charge in [-0.3, -0.25) is 0 Å². The van der Waals surface area contributed by atoms with Crippen LogP contribution in [0.4, 0.5) is 0 Å². The highest BCUT2D eigenvalue weighted by Crippen LogP contribution is 2.38. The molecule has 0 saturated heterocycles. The van der Waals surface area contributed by atoms with E-state index >= 15 is 0 Å². The third kappa shape index (κ3) is 4.43. The lowest BCUT2D eigenvalue weighted by Gasteiger charge is -2.12. The number of rotatable bonds is 8. The summed E-state index contributed by atoms with van der Waals surface area (Å²) in [6, 6.07) is 11.5. The van der Waals surface area contributed by atoms with Crippen molar-refractivity contribution in [2.75, 3.05) is 35.2 Å². The SMILES string of the molecule is COCOc1ccc(/C=C/c2cc(OC)c(OC)c(OC)c2)cc1. The van der Waals surface area contributed by atoms with Crippen LogP contribution < -0.4 is 18.9 Å². The Labute approximate surface area is 142 Å². The highest BCUT2D eigenvalue weighted by Gasteiger charge is 2.11. The lowest BCUT2D eigenvalue weighted by atomic mass is 10.1. The molecule has 0 aromatic heterocycles. The molecule has 0 heterocycles. The second kappa shape index (κ2) is 8.84. The lowest BCUT2D eigenvalue weighted by molar-refractivity contribution is 0.0511. The van der Waals surface area contributed by atoms with Gasteiger partial charge in [0.05, 0.1) is 21.3 Å². The van der Waals surface area contributed by atoms with Crippen LogP contribution in [0.15, 0.2) is 36.4 Å². The predicted octanol–water partition coefficient (Wildman–Crippen LogP) is 3.87. The first-order valence-electron chi connectivity index (χ1n) is 7.41. The molecule has 2 aromatic rings. The number of ether oxygens (including phenoxy) is 5. The van der Waals surface area contributed by atoms with Crippen molar-refractivity contribution in [2.45, 2.75) is 0 Å². The van der Waals surface area contributed by atoms with E-state index in [2.05, 4.69) is 0 Å². The predicted molar refractivity (Wildman–Crippen MR) is 94.0 cm³/mol. The Morgan fingerprint density at radius 1 is 0.750 bits per heavy atom. The van der Waals surface area contributed by atoms with Crippen LogP contribution in [0.2, 0.25) is 0 Å². The lowest BCUT2D eigenvalue weighted by Crippen LogP contribution is -1.98. The summed E-state index contributed by atoms with van der Waals surface area (Å²) >= 11 is 0. The molecule has 0 radical (unpaired) electrons. The first-order valence-corrected chi connectivity index (χ1v) is 7.41. The molecule has 0 atom stereocenters. The van der Waals surface area contributed by atoms with Gasteiger partial charge in [-0.2, -0.15) is 0 Å². The van der Waals surface area contributed by atoms with Gasteiger partial charge in [-0.25, -0.2) is 0 Å². The van der Waals surface area contributed by atoms with Gasteiger partial charge in [-0.15, -0.1) is 0 Å². The fourth-order valence-corrected chi connectivity index (χ4v) is 2.19. The molecule has 2 rings (SSSR count). The molecule has 24 heavy (non-hydrogen) atoms. The van der Waals surface area contributed by atoms with E-state index in [4.69, 9.17) is 23.7 Å². The van der Waals surface area contributed by atoms with E-state index in [1.807, 2.05) is 48.6 Å². The Morgan fingerprint density at radius 2 is 1.33 bits per heavy atom. The van der Waals surface area contributed by atoms with Crippen molar-refractivity contribution in [1.82, 2.24) is 0 Å². The van der Waals surface area contributed by atoms with Gasteiger partial charge >= 0.3 is 0 Å². The molecule has 128 valence electrons. The van der Waals surface area contributed by atoms with Crippen molar-refractivity contribution in [3.8, 4) is 23.0 Å². The summed E-state index contributed by atoms with van der Waals surface area (Å²) < 4.78 is 26.3. The molecule has 0 fully saturated rings. The van der Waals surface area contributed by atoms with E-state index in [0.717, 1.165) is 16.9 Å². The minimum absolute atomic E-state index is 0.237. The minimum Gasteiger partial charge on any atom is -0.493 e. The smallest absolute Gasteiger partial charge is 0.203 e. The highest BCUT2D eigenvalue weighted by atomic mass is 16.7. The molecule has 0 bridgehead atoms. The molecule has 0 spiro atoms. The molecule has 0 N–H and O–H groups in total. The van der Waals surface area contributed by atoms with Gasteiger partial charge in [0.25, 0.3) is 0 Å². The van der Waals surface area contributed by atoms with Gasteiger partial charge in [0, 0.05) is 7.11 Å². The van der Waals surface area contributed by atoms with Crippen LogP contribution in [-0.2, 0) is 4.74 Å². The van der Waals surface area contributed by atoms with E-state index in [0.29, 0.717) is 17.2 Å². The summed E-state index contributed by atoms with van der Waals surface area (Å²) in [5.41, 5.74) is 2.00. The summed E-state index contributed by atoms with van der Waals surface area (Å²) in [5, 5.41) is 0. The number of methoxy groups -OCH3 is 4.